The number of benzene rings is 1. The standard InChI is InChI=1S/C29H41N5O3/c1-20(2)37-19-21(3)31-29-30-17-28-26(16-27(34(28)32-29)24-8-10-25(35)11-9-24)23-6-4-22(5-7-23)18-33-12-14-36-15-13-33/h4-7,16-17,20-21,24-25,35H,8-15,18-19H2,1-3H3,(H,31,32)/t21-,24-,25-/m0/s1. The van der Waals surface area contributed by atoms with Crippen LogP contribution in [0, 0.1) is 0 Å². The summed E-state index contributed by atoms with van der Waals surface area (Å²) in [5.41, 5.74) is 5.86. The van der Waals surface area contributed by atoms with E-state index in [0.29, 0.717) is 18.5 Å². The zero-order valence-electron chi connectivity index (χ0n) is 22.4. The second kappa shape index (κ2) is 11.9. The third kappa shape index (κ3) is 6.49. The summed E-state index contributed by atoms with van der Waals surface area (Å²) in [7, 11) is 0. The van der Waals surface area contributed by atoms with Gasteiger partial charge in [-0.3, -0.25) is 4.90 Å². The van der Waals surface area contributed by atoms with E-state index in [0.717, 1.165) is 69.6 Å². The number of nitrogens with zero attached hydrogens (tertiary/aromatic N) is 4. The van der Waals surface area contributed by atoms with Crippen LogP contribution >= 0.6 is 0 Å². The molecule has 5 rings (SSSR count). The molecule has 1 saturated carbocycles. The Balaban J connectivity index is 1.42. The van der Waals surface area contributed by atoms with Gasteiger partial charge in [-0.25, -0.2) is 9.50 Å². The number of hydrogen-bond donors (Lipinski definition) is 2. The van der Waals surface area contributed by atoms with Gasteiger partial charge >= 0.3 is 0 Å². The Morgan fingerprint density at radius 3 is 2.51 bits per heavy atom. The summed E-state index contributed by atoms with van der Waals surface area (Å²) >= 11 is 0. The maximum Gasteiger partial charge on any atom is 0.241 e. The number of anilines is 1. The van der Waals surface area contributed by atoms with E-state index in [1.165, 1.54) is 16.8 Å². The molecule has 3 aromatic rings. The van der Waals surface area contributed by atoms with Gasteiger partial charge in [-0.15, -0.1) is 5.10 Å². The first kappa shape index (κ1) is 26.1. The minimum Gasteiger partial charge on any atom is -0.393 e. The predicted molar refractivity (Wildman–Crippen MR) is 146 cm³/mol. The van der Waals surface area contributed by atoms with Crippen molar-refractivity contribution in [3.8, 4) is 11.1 Å². The van der Waals surface area contributed by atoms with Gasteiger partial charge in [-0.05, 0) is 63.6 Å². The molecule has 3 heterocycles. The lowest BCUT2D eigenvalue weighted by Gasteiger charge is -2.26. The fourth-order valence-corrected chi connectivity index (χ4v) is 5.38. The summed E-state index contributed by atoms with van der Waals surface area (Å²) in [6.07, 6.45) is 5.55. The first-order valence-electron chi connectivity index (χ1n) is 13.8. The van der Waals surface area contributed by atoms with Crippen molar-refractivity contribution in [2.45, 2.75) is 77.2 Å². The number of rotatable bonds is 9. The molecule has 1 aliphatic carbocycles. The lowest BCUT2D eigenvalue weighted by molar-refractivity contribution is 0.0342. The second-order valence-corrected chi connectivity index (χ2v) is 10.9. The van der Waals surface area contributed by atoms with E-state index >= 15 is 0 Å². The molecule has 0 unspecified atom stereocenters. The molecule has 1 atom stereocenters. The highest BCUT2D eigenvalue weighted by Gasteiger charge is 2.26. The summed E-state index contributed by atoms with van der Waals surface area (Å²) in [4.78, 5) is 7.11. The average molecular weight is 508 g/mol. The highest BCUT2D eigenvalue weighted by atomic mass is 16.5. The molecular weight excluding hydrogens is 466 g/mol. The Kier molecular flexibility index (Phi) is 8.39. The third-order valence-electron chi connectivity index (χ3n) is 7.49. The van der Waals surface area contributed by atoms with E-state index < -0.39 is 0 Å². The maximum atomic E-state index is 10.1. The molecule has 2 aromatic heterocycles. The van der Waals surface area contributed by atoms with Crippen LogP contribution in [0.15, 0.2) is 36.5 Å². The van der Waals surface area contributed by atoms with Crippen molar-refractivity contribution < 1.29 is 14.6 Å². The normalized spacial score (nSPS) is 22.0. The van der Waals surface area contributed by atoms with Crippen LogP contribution in [0.3, 0.4) is 0 Å². The molecule has 2 aliphatic rings. The van der Waals surface area contributed by atoms with Gasteiger partial charge in [-0.1, -0.05) is 24.3 Å². The van der Waals surface area contributed by atoms with Crippen LogP contribution in [0.2, 0.25) is 0 Å². The quantitative estimate of drug-likeness (QED) is 0.442. The molecule has 0 bridgehead atoms. The Bertz CT molecular complexity index is 1150. The first-order chi connectivity index (χ1) is 18.0. The van der Waals surface area contributed by atoms with Crippen LogP contribution in [0.5, 0.6) is 0 Å². The Labute approximate surface area is 220 Å². The van der Waals surface area contributed by atoms with Crippen LogP contribution in [0.4, 0.5) is 5.95 Å². The Hall–Kier alpha value is -2.52. The van der Waals surface area contributed by atoms with Crippen molar-refractivity contribution in [1.29, 1.82) is 0 Å². The van der Waals surface area contributed by atoms with Gasteiger partial charge in [0.15, 0.2) is 0 Å². The highest BCUT2D eigenvalue weighted by molar-refractivity contribution is 5.81. The number of aliphatic hydroxyl groups is 1. The van der Waals surface area contributed by atoms with Gasteiger partial charge in [0, 0.05) is 42.9 Å². The number of aromatic nitrogens is 3. The van der Waals surface area contributed by atoms with Gasteiger partial charge in [0.25, 0.3) is 0 Å². The smallest absolute Gasteiger partial charge is 0.241 e. The van der Waals surface area contributed by atoms with Crippen molar-refractivity contribution >= 4 is 11.5 Å². The molecule has 2 fully saturated rings. The minimum atomic E-state index is -0.186. The summed E-state index contributed by atoms with van der Waals surface area (Å²) < 4.78 is 13.3. The molecular formula is C29H41N5O3. The molecule has 0 spiro atoms. The maximum absolute atomic E-state index is 10.1. The lowest BCUT2D eigenvalue weighted by atomic mass is 9.85. The monoisotopic (exact) mass is 507 g/mol. The summed E-state index contributed by atoms with van der Waals surface area (Å²) in [6, 6.07) is 11.3. The fraction of sp³-hybridized carbons (Fsp3) is 0.586. The van der Waals surface area contributed by atoms with E-state index in [1.54, 1.807) is 0 Å². The van der Waals surface area contributed by atoms with E-state index in [4.69, 9.17) is 14.6 Å². The van der Waals surface area contributed by atoms with Crippen molar-refractivity contribution in [3.05, 3.63) is 47.8 Å². The Morgan fingerprint density at radius 2 is 1.81 bits per heavy atom. The van der Waals surface area contributed by atoms with Crippen molar-refractivity contribution in [2.75, 3.05) is 38.2 Å². The summed E-state index contributed by atoms with van der Waals surface area (Å²) in [5, 5.41) is 18.4. The molecule has 1 aliphatic heterocycles. The lowest BCUT2D eigenvalue weighted by Crippen LogP contribution is -2.35. The van der Waals surface area contributed by atoms with Crippen LogP contribution in [0.25, 0.3) is 16.6 Å². The predicted octanol–water partition coefficient (Wildman–Crippen LogP) is 4.47. The van der Waals surface area contributed by atoms with Crippen LogP contribution in [-0.2, 0) is 16.0 Å². The van der Waals surface area contributed by atoms with Crippen LogP contribution in [-0.4, -0.2) is 75.8 Å². The average Bonchev–Trinajstić information content (AvgIpc) is 3.28. The molecule has 37 heavy (non-hydrogen) atoms. The van der Waals surface area contributed by atoms with Gasteiger partial charge < -0.3 is 19.9 Å². The van der Waals surface area contributed by atoms with Crippen molar-refractivity contribution in [3.63, 3.8) is 0 Å². The largest absolute Gasteiger partial charge is 0.393 e. The van der Waals surface area contributed by atoms with Gasteiger partial charge in [0.2, 0.25) is 5.95 Å². The zero-order chi connectivity index (χ0) is 25.8. The number of aliphatic hydroxyl groups excluding tert-OH is 1. The molecule has 8 heteroatoms. The van der Waals surface area contributed by atoms with Gasteiger partial charge in [-0.2, -0.15) is 0 Å². The summed E-state index contributed by atoms with van der Waals surface area (Å²) in [6.45, 7) is 11.3. The van der Waals surface area contributed by atoms with Crippen LogP contribution < -0.4 is 5.32 Å². The molecule has 1 aromatic carbocycles. The zero-order valence-corrected chi connectivity index (χ0v) is 22.4. The van der Waals surface area contributed by atoms with Crippen molar-refractivity contribution in [1.82, 2.24) is 19.5 Å². The number of hydrogen-bond acceptors (Lipinski definition) is 7. The molecule has 0 radical (unpaired) electrons. The number of nitrogens with one attached hydrogen (secondary N) is 1. The van der Waals surface area contributed by atoms with E-state index in [2.05, 4.69) is 57.0 Å². The molecule has 8 nitrogen and oxygen atoms in total. The molecule has 200 valence electrons. The van der Waals surface area contributed by atoms with Crippen molar-refractivity contribution in [2.24, 2.45) is 0 Å². The summed E-state index contributed by atoms with van der Waals surface area (Å²) in [5.74, 6) is 0.974. The van der Waals surface area contributed by atoms with E-state index in [-0.39, 0.29) is 18.2 Å². The fourth-order valence-electron chi connectivity index (χ4n) is 5.38. The van der Waals surface area contributed by atoms with E-state index in [9.17, 15) is 5.11 Å². The van der Waals surface area contributed by atoms with E-state index in [1.807, 2.05) is 20.0 Å². The SMILES string of the molecule is CC(C)OC[C@H](C)Nc1ncc2c(-c3ccc(CN4CCOCC4)cc3)cc([C@H]3CC[C@H](O)CC3)n2n1. The minimum absolute atomic E-state index is 0.0992. The third-order valence-corrected chi connectivity index (χ3v) is 7.49. The molecule has 1 saturated heterocycles. The number of morpholine rings is 1. The topological polar surface area (TPSA) is 84.2 Å². The number of ether oxygens (including phenoxy) is 2. The molecule has 0 amide bonds. The van der Waals surface area contributed by atoms with Crippen LogP contribution in [0.1, 0.15) is 63.6 Å². The first-order valence-corrected chi connectivity index (χ1v) is 13.8. The van der Waals surface area contributed by atoms with Gasteiger partial charge in [0.1, 0.15) is 0 Å². The highest BCUT2D eigenvalue weighted by Crippen LogP contribution is 2.37. The second-order valence-electron chi connectivity index (χ2n) is 10.9. The Morgan fingerprint density at radius 1 is 1.08 bits per heavy atom. The molecule has 2 N–H and O–H groups in total. The number of fused-ring (bicyclic) bond motifs is 1. The van der Waals surface area contributed by atoms with Gasteiger partial charge in [0.05, 0.1) is 43.7 Å².